The molecular weight excluding hydrogens is 1600 g/mol. The predicted molar refractivity (Wildman–Crippen MR) is 426 cm³/mol. The van der Waals surface area contributed by atoms with Crippen molar-refractivity contribution in [2.75, 3.05) is 398 Å². The molecule has 2 atom stereocenters. The van der Waals surface area contributed by atoms with Gasteiger partial charge in [0.25, 0.3) is 0 Å². The lowest BCUT2D eigenvalue weighted by Gasteiger charge is -2.19. The Kier molecular flexibility index (Phi) is 90.0. The zero-order valence-corrected chi connectivity index (χ0v) is 71.4. The third-order valence-electron chi connectivity index (χ3n) is 14.9. The molecule has 0 heterocycles. The number of carbonyl (C=O) groups excluding carboxylic acids is 8. The van der Waals surface area contributed by atoms with Gasteiger partial charge in [-0.05, 0) is 12.8 Å². The van der Waals surface area contributed by atoms with Gasteiger partial charge in [-0.1, -0.05) is 0 Å². The number of nitrogens with one attached hydrogen (secondary N) is 8. The molecule has 0 spiro atoms. The molecule has 45 nitrogen and oxygen atoms in total. The van der Waals surface area contributed by atoms with Crippen molar-refractivity contribution in [1.82, 2.24) is 42.5 Å². The van der Waals surface area contributed by atoms with Gasteiger partial charge in [0.2, 0.25) is 47.3 Å². The monoisotopic (exact) mass is 1750 g/mol. The highest BCUT2D eigenvalue weighted by atomic mass is 16.6. The summed E-state index contributed by atoms with van der Waals surface area (Å²) >= 11 is 0. The zero-order chi connectivity index (χ0) is 87.2. The molecule has 0 aliphatic rings. The molecule has 706 valence electrons. The number of ether oxygens (including phenoxy) is 27. The lowest BCUT2D eigenvalue weighted by molar-refractivity contribution is -0.133. The number of unbranched alkanes of at least 4 members (excludes halogenated alkanes) is 1. The van der Waals surface area contributed by atoms with Gasteiger partial charge in [-0.15, -0.1) is 0 Å². The van der Waals surface area contributed by atoms with Crippen molar-refractivity contribution in [3.63, 3.8) is 0 Å². The SMILES string of the molecule is COCCOCCOCCC(=O)NCCOCCOCC(COCCOCCNC(=O)COCCOCCOC)OCC(=O)NCCOCCOCC(COCCOCCNC(=O)COC(COCCOCCNC(=O)COCCOCCOC)COCCOCCNC(=O)COCCOCCOC)OCC(=O)NCCC(=O)NCCCCON. The molecule has 0 bridgehead atoms. The van der Waals surface area contributed by atoms with E-state index in [1.165, 1.54) is 0 Å². The van der Waals surface area contributed by atoms with E-state index in [9.17, 15) is 38.4 Å². The van der Waals surface area contributed by atoms with Crippen molar-refractivity contribution >= 4 is 47.3 Å². The molecule has 0 fully saturated rings. The minimum absolute atomic E-state index is 0.00337. The molecule has 0 rings (SSSR count). The molecule has 45 heteroatoms. The van der Waals surface area contributed by atoms with Gasteiger partial charge in [-0.25, -0.2) is 5.90 Å². The first kappa shape index (κ1) is 115. The van der Waals surface area contributed by atoms with E-state index >= 15 is 0 Å². The highest BCUT2D eigenvalue weighted by molar-refractivity contribution is 5.80. The average molecular weight is 1750 g/mol. The van der Waals surface area contributed by atoms with Crippen LogP contribution in [0.5, 0.6) is 0 Å². The summed E-state index contributed by atoms with van der Waals surface area (Å²) in [5.74, 6) is 2.46. The number of amides is 8. The number of nitrogens with two attached hydrogens (primary N) is 1. The lowest BCUT2D eigenvalue weighted by atomic mass is 10.3. The first-order chi connectivity index (χ1) is 58.9. The molecule has 0 aliphatic heterocycles. The van der Waals surface area contributed by atoms with E-state index in [1.54, 1.807) is 28.4 Å². The molecule has 2 unspecified atom stereocenters. The Bertz CT molecular complexity index is 2280. The Labute approximate surface area is 706 Å². The van der Waals surface area contributed by atoms with Crippen LogP contribution in [0.1, 0.15) is 25.7 Å². The van der Waals surface area contributed by atoms with Crippen molar-refractivity contribution in [3.05, 3.63) is 0 Å². The van der Waals surface area contributed by atoms with Crippen LogP contribution >= 0.6 is 0 Å². The summed E-state index contributed by atoms with van der Waals surface area (Å²) in [5.41, 5.74) is 0. The van der Waals surface area contributed by atoms with Gasteiger partial charge in [-0.2, -0.15) is 0 Å². The molecule has 0 saturated heterocycles. The van der Waals surface area contributed by atoms with Gasteiger partial charge in [0.05, 0.1) is 277 Å². The van der Waals surface area contributed by atoms with E-state index in [1.807, 2.05) is 0 Å². The summed E-state index contributed by atoms with van der Waals surface area (Å²) in [6, 6.07) is 0. The zero-order valence-electron chi connectivity index (χ0n) is 71.4. The van der Waals surface area contributed by atoms with Crippen LogP contribution in [0.15, 0.2) is 0 Å². The first-order valence-electron chi connectivity index (χ1n) is 40.7. The second-order valence-corrected chi connectivity index (χ2v) is 25.0. The van der Waals surface area contributed by atoms with Crippen molar-refractivity contribution in [3.8, 4) is 0 Å². The largest absolute Gasteiger partial charge is 0.382 e. The molecule has 10 N–H and O–H groups in total. The topological polar surface area (TPSA) is 517 Å². The fraction of sp³-hybridized carbons (Fsp3) is 0.893. The number of rotatable bonds is 98. The van der Waals surface area contributed by atoms with Gasteiger partial charge >= 0.3 is 0 Å². The Morgan fingerprint density at radius 2 is 0.408 bits per heavy atom. The van der Waals surface area contributed by atoms with E-state index in [4.69, 9.17) is 134 Å². The molecule has 0 aromatic rings. The normalized spacial score (nSPS) is 11.9. The van der Waals surface area contributed by atoms with E-state index in [-0.39, 0.29) is 306 Å². The first-order valence-corrected chi connectivity index (χ1v) is 40.7. The molecule has 0 aliphatic carbocycles. The van der Waals surface area contributed by atoms with Crippen LogP contribution in [0.25, 0.3) is 0 Å². The molecule has 8 amide bonds. The van der Waals surface area contributed by atoms with Crippen LogP contribution in [-0.4, -0.2) is 463 Å². The minimum atomic E-state index is -0.717. The van der Waals surface area contributed by atoms with Gasteiger partial charge in [0.1, 0.15) is 58.0 Å². The molecule has 120 heavy (non-hydrogen) atoms. The van der Waals surface area contributed by atoms with Crippen LogP contribution in [0.4, 0.5) is 0 Å². The Morgan fingerprint density at radius 3 is 0.683 bits per heavy atom. The van der Waals surface area contributed by atoms with Crippen molar-refractivity contribution in [1.29, 1.82) is 0 Å². The highest BCUT2D eigenvalue weighted by Gasteiger charge is 2.18. The molecule has 0 aromatic heterocycles. The average Bonchev–Trinajstić information content (AvgIpc) is 0.976. The fourth-order valence-corrected chi connectivity index (χ4v) is 8.74. The van der Waals surface area contributed by atoms with Gasteiger partial charge in [-0.3, -0.25) is 38.4 Å². The maximum absolute atomic E-state index is 12.9. The van der Waals surface area contributed by atoms with Gasteiger partial charge < -0.3 is 175 Å². The second kappa shape index (κ2) is 94.3. The van der Waals surface area contributed by atoms with Crippen molar-refractivity contribution < 1.29 is 171 Å². The molecule has 0 aromatic carbocycles. The van der Waals surface area contributed by atoms with Crippen molar-refractivity contribution in [2.24, 2.45) is 5.90 Å². The fourth-order valence-electron chi connectivity index (χ4n) is 8.74. The number of carbonyl (C=O) groups is 8. The molecule has 0 saturated carbocycles. The van der Waals surface area contributed by atoms with E-state index in [2.05, 4.69) is 47.4 Å². The highest BCUT2D eigenvalue weighted by Crippen LogP contribution is 2.02. The number of methoxy groups -OCH3 is 4. The summed E-state index contributed by atoms with van der Waals surface area (Å²) in [6.07, 6.45) is -0.417. The summed E-state index contributed by atoms with van der Waals surface area (Å²) in [4.78, 5) is 104. The smallest absolute Gasteiger partial charge is 0.246 e. The third kappa shape index (κ3) is 88.9. The number of hydrogen-bond donors (Lipinski definition) is 9. The predicted octanol–water partition coefficient (Wildman–Crippen LogP) is -5.56. The van der Waals surface area contributed by atoms with Crippen LogP contribution in [0.2, 0.25) is 0 Å². The second-order valence-electron chi connectivity index (χ2n) is 25.0. The quantitative estimate of drug-likeness (QED) is 0.0203. The van der Waals surface area contributed by atoms with Crippen LogP contribution in [0, 0.1) is 0 Å². The maximum Gasteiger partial charge on any atom is 0.246 e. The lowest BCUT2D eigenvalue weighted by Crippen LogP contribution is -2.36. The van der Waals surface area contributed by atoms with Gasteiger partial charge in [0, 0.05) is 93.6 Å². The summed E-state index contributed by atoms with van der Waals surface area (Å²) < 4.78 is 148. The van der Waals surface area contributed by atoms with Crippen LogP contribution in [-0.2, 0) is 171 Å². The minimum Gasteiger partial charge on any atom is -0.382 e. The van der Waals surface area contributed by atoms with E-state index in [0.29, 0.717) is 118 Å². The Balaban J connectivity index is 5.21. The summed E-state index contributed by atoms with van der Waals surface area (Å²) in [7, 11) is 6.33. The van der Waals surface area contributed by atoms with Crippen LogP contribution < -0.4 is 48.4 Å². The maximum atomic E-state index is 12.9. The van der Waals surface area contributed by atoms with Gasteiger partial charge in [0.15, 0.2) is 0 Å². The summed E-state index contributed by atoms with van der Waals surface area (Å²) in [5, 5.41) is 21.8. The standard InChI is InChI=1S/C75H145N9O36/c1-93-25-29-104-34-33-97-18-8-69(86)79-11-19-98-35-44-108-55-66(56-111-45-36-99-20-12-80-70(87)59-114-50-41-105-30-26-94-2)118-63-74(91)83-15-23-102-39-48-109-53-65(117-62-73(90)78-10-7-68(85)77-9-5-6-17-120-76)54-110-49-40-103-24-16-84-75(92)64-119-67(57-112-46-37-100-21-13-81-71(88)60-115-51-42-106-31-27-95-3)58-113-47-38-101-22-14-82-72(89)61-116-52-43-107-32-28-96-4/h65-67H,5-64,76H2,1-4H3,(H,77,85)(H,78,90)(H,79,86)(H,80,87)(H,81,88)(H,82,89)(H,83,91)(H,84,92). The molecule has 0 radical (unpaired) electrons. The Hall–Kier alpha value is -5.40. The third-order valence-corrected chi connectivity index (χ3v) is 14.9. The molecular formula is C75H145N9O36. The Morgan fingerprint density at radius 1 is 0.200 bits per heavy atom. The van der Waals surface area contributed by atoms with E-state index < -0.39 is 36.0 Å². The number of hydrogen-bond acceptors (Lipinski definition) is 37. The van der Waals surface area contributed by atoms with E-state index in [0.717, 1.165) is 0 Å². The van der Waals surface area contributed by atoms with Crippen molar-refractivity contribution in [2.45, 2.75) is 44.0 Å². The summed E-state index contributed by atoms with van der Waals surface area (Å²) in [6.45, 7) is 11.1. The van der Waals surface area contributed by atoms with Crippen LogP contribution in [0.3, 0.4) is 0 Å².